The van der Waals surface area contributed by atoms with E-state index < -0.39 is 0 Å². The van der Waals surface area contributed by atoms with Crippen LogP contribution in [0.15, 0.2) is 12.3 Å². The molecule has 1 spiro atoms. The lowest BCUT2D eigenvalue weighted by Crippen LogP contribution is -2.44. The summed E-state index contributed by atoms with van der Waals surface area (Å²) in [4.78, 5) is 20.0. The first-order chi connectivity index (χ1) is 13.7. The third-order valence-electron chi connectivity index (χ3n) is 6.38. The zero-order valence-electron chi connectivity index (χ0n) is 18.7. The fourth-order valence-electron chi connectivity index (χ4n) is 4.70. The van der Waals surface area contributed by atoms with Gasteiger partial charge in [0.2, 0.25) is 11.8 Å². The van der Waals surface area contributed by atoms with Crippen LogP contribution < -0.4 is 10.1 Å². The fourth-order valence-corrected chi connectivity index (χ4v) is 4.70. The van der Waals surface area contributed by atoms with Gasteiger partial charge in [-0.1, -0.05) is 20.8 Å². The summed E-state index contributed by atoms with van der Waals surface area (Å²) in [6.07, 6.45) is 4.79. The molecule has 1 atom stereocenters. The fraction of sp³-hybridized carbons (Fsp3) is 0.739. The number of hydrogen-bond acceptors (Lipinski definition) is 5. The van der Waals surface area contributed by atoms with Crippen molar-refractivity contribution in [2.75, 3.05) is 40.0 Å². The number of carbonyl (C=O) groups is 1. The molecule has 162 valence electrons. The van der Waals surface area contributed by atoms with Crippen LogP contribution in [-0.4, -0.2) is 55.7 Å². The molecule has 2 fully saturated rings. The van der Waals surface area contributed by atoms with Gasteiger partial charge in [0, 0.05) is 56.6 Å². The summed E-state index contributed by atoms with van der Waals surface area (Å²) in [6, 6.07) is 2.14. The van der Waals surface area contributed by atoms with E-state index in [1.54, 1.807) is 7.11 Å². The molecule has 2 aliphatic rings. The van der Waals surface area contributed by atoms with Gasteiger partial charge in [0.25, 0.3) is 0 Å². The lowest BCUT2D eigenvalue weighted by Gasteiger charge is -2.37. The van der Waals surface area contributed by atoms with Crippen molar-refractivity contribution in [3.05, 3.63) is 23.4 Å². The number of carbonyl (C=O) groups excluding carboxylic acids is 1. The number of rotatable bonds is 6. The maximum absolute atomic E-state index is 13.1. The minimum absolute atomic E-state index is 0.0265. The molecule has 1 amide bonds. The summed E-state index contributed by atoms with van der Waals surface area (Å²) in [6.45, 7) is 13.4. The van der Waals surface area contributed by atoms with E-state index in [-0.39, 0.29) is 22.7 Å². The predicted molar refractivity (Wildman–Crippen MR) is 114 cm³/mol. The van der Waals surface area contributed by atoms with Gasteiger partial charge in [-0.3, -0.25) is 9.69 Å². The molecule has 0 aliphatic carbocycles. The second-order valence-electron chi connectivity index (χ2n) is 9.97. The Morgan fingerprint density at radius 2 is 2.10 bits per heavy atom. The van der Waals surface area contributed by atoms with E-state index in [0.717, 1.165) is 64.2 Å². The summed E-state index contributed by atoms with van der Waals surface area (Å²) in [7, 11) is 1.65. The quantitative estimate of drug-likeness (QED) is 0.790. The molecule has 2 saturated heterocycles. The molecular formula is C23H37N3O3. The summed E-state index contributed by atoms with van der Waals surface area (Å²) < 4.78 is 10.9. The molecule has 6 nitrogen and oxygen atoms in total. The minimum Gasteiger partial charge on any atom is -0.481 e. The number of aromatic nitrogens is 1. The molecule has 3 heterocycles. The van der Waals surface area contributed by atoms with E-state index in [1.165, 1.54) is 5.56 Å². The molecule has 2 aliphatic heterocycles. The van der Waals surface area contributed by atoms with Crippen LogP contribution in [0.1, 0.15) is 51.2 Å². The Labute approximate surface area is 175 Å². The second kappa shape index (κ2) is 9.00. The van der Waals surface area contributed by atoms with Gasteiger partial charge in [-0.2, -0.15) is 0 Å². The van der Waals surface area contributed by atoms with E-state index in [2.05, 4.69) is 42.0 Å². The van der Waals surface area contributed by atoms with Crippen molar-refractivity contribution in [1.29, 1.82) is 0 Å². The number of aryl methyl sites for hydroxylation is 1. The molecule has 1 aromatic heterocycles. The van der Waals surface area contributed by atoms with Gasteiger partial charge >= 0.3 is 0 Å². The van der Waals surface area contributed by atoms with Crippen molar-refractivity contribution in [3.8, 4) is 5.88 Å². The van der Waals surface area contributed by atoms with Crippen LogP contribution in [0.2, 0.25) is 0 Å². The smallest absolute Gasteiger partial charge is 0.225 e. The first-order valence-electron chi connectivity index (χ1n) is 10.8. The zero-order valence-corrected chi connectivity index (χ0v) is 18.7. The first-order valence-corrected chi connectivity index (χ1v) is 10.8. The van der Waals surface area contributed by atoms with Crippen LogP contribution >= 0.6 is 0 Å². The number of amides is 1. The number of nitrogens with zero attached hydrogens (tertiary/aromatic N) is 2. The topological polar surface area (TPSA) is 63.7 Å². The maximum Gasteiger partial charge on any atom is 0.225 e. The Morgan fingerprint density at radius 1 is 1.38 bits per heavy atom. The van der Waals surface area contributed by atoms with Crippen molar-refractivity contribution >= 4 is 5.91 Å². The number of pyridine rings is 1. The molecule has 29 heavy (non-hydrogen) atoms. The van der Waals surface area contributed by atoms with Crippen LogP contribution in [0.4, 0.5) is 0 Å². The lowest BCUT2D eigenvalue weighted by molar-refractivity contribution is -0.129. The summed E-state index contributed by atoms with van der Waals surface area (Å²) in [5.74, 6) is 0.911. The van der Waals surface area contributed by atoms with Gasteiger partial charge in [-0.05, 0) is 43.2 Å². The van der Waals surface area contributed by atoms with Gasteiger partial charge in [0.15, 0.2) is 0 Å². The van der Waals surface area contributed by atoms with Crippen molar-refractivity contribution in [1.82, 2.24) is 15.2 Å². The maximum atomic E-state index is 13.1. The molecule has 1 unspecified atom stereocenters. The summed E-state index contributed by atoms with van der Waals surface area (Å²) in [5.41, 5.74) is 2.46. The molecule has 0 radical (unpaired) electrons. The second-order valence-corrected chi connectivity index (χ2v) is 9.97. The average molecular weight is 404 g/mol. The number of methoxy groups -OCH3 is 1. The highest BCUT2D eigenvalue weighted by Crippen LogP contribution is 2.44. The molecular weight excluding hydrogens is 366 g/mol. The van der Waals surface area contributed by atoms with Crippen LogP contribution in [0.3, 0.4) is 0 Å². The van der Waals surface area contributed by atoms with Gasteiger partial charge in [0.05, 0.1) is 13.0 Å². The lowest BCUT2D eigenvalue weighted by atomic mass is 9.71. The zero-order chi connectivity index (χ0) is 21.1. The van der Waals surface area contributed by atoms with Crippen LogP contribution in [-0.2, 0) is 16.1 Å². The van der Waals surface area contributed by atoms with Gasteiger partial charge in [0.1, 0.15) is 0 Å². The van der Waals surface area contributed by atoms with Gasteiger partial charge in [-0.15, -0.1) is 0 Å². The molecule has 0 saturated carbocycles. The molecule has 0 aromatic carbocycles. The number of hydrogen-bond donors (Lipinski definition) is 1. The number of likely N-dealkylation sites (tertiary alicyclic amines) is 1. The van der Waals surface area contributed by atoms with Crippen molar-refractivity contribution in [2.24, 2.45) is 16.7 Å². The average Bonchev–Trinajstić information content (AvgIpc) is 2.98. The monoisotopic (exact) mass is 403 g/mol. The van der Waals surface area contributed by atoms with Crippen LogP contribution in [0.5, 0.6) is 5.88 Å². The highest BCUT2D eigenvalue weighted by Gasteiger charge is 2.50. The predicted octanol–water partition coefficient (Wildman–Crippen LogP) is 3.18. The third kappa shape index (κ3) is 5.48. The van der Waals surface area contributed by atoms with Crippen LogP contribution in [0.25, 0.3) is 0 Å². The van der Waals surface area contributed by atoms with Crippen molar-refractivity contribution in [2.45, 2.75) is 53.5 Å². The Balaban J connectivity index is 1.68. The summed E-state index contributed by atoms with van der Waals surface area (Å²) in [5, 5.41) is 3.23. The third-order valence-corrected chi connectivity index (χ3v) is 6.38. The van der Waals surface area contributed by atoms with E-state index in [9.17, 15) is 4.79 Å². The SMILES string of the molecule is COc1ncc(CN2CC(C(=O)NCCC(C)(C)C)C3(CCOCC3)C2)cc1C. The van der Waals surface area contributed by atoms with Crippen LogP contribution in [0, 0.1) is 23.7 Å². The molecule has 3 rings (SSSR count). The Morgan fingerprint density at radius 3 is 2.72 bits per heavy atom. The Hall–Kier alpha value is -1.66. The Kier molecular flexibility index (Phi) is 6.84. The molecule has 6 heteroatoms. The molecule has 0 bridgehead atoms. The number of nitrogens with one attached hydrogen (secondary N) is 1. The van der Waals surface area contributed by atoms with Gasteiger partial charge in [-0.25, -0.2) is 4.98 Å². The highest BCUT2D eigenvalue weighted by molar-refractivity contribution is 5.80. The van der Waals surface area contributed by atoms with Crippen molar-refractivity contribution in [3.63, 3.8) is 0 Å². The standard InChI is InChI=1S/C23H37N3O3/c1-17-12-18(13-25-21(17)28-5)14-26-15-19(20(27)24-9-6-22(2,3)4)23(16-26)7-10-29-11-8-23/h12-13,19H,6-11,14-16H2,1-5H3,(H,24,27). The van der Waals surface area contributed by atoms with E-state index in [4.69, 9.17) is 9.47 Å². The largest absolute Gasteiger partial charge is 0.481 e. The number of ether oxygens (including phenoxy) is 2. The first kappa shape index (κ1) is 22.0. The minimum atomic E-state index is 0.0265. The summed E-state index contributed by atoms with van der Waals surface area (Å²) >= 11 is 0. The van der Waals surface area contributed by atoms with E-state index in [0.29, 0.717) is 5.88 Å². The molecule has 1 N–H and O–H groups in total. The highest BCUT2D eigenvalue weighted by atomic mass is 16.5. The van der Waals surface area contributed by atoms with Crippen molar-refractivity contribution < 1.29 is 14.3 Å². The van der Waals surface area contributed by atoms with Gasteiger partial charge < -0.3 is 14.8 Å². The molecule has 1 aromatic rings. The normalized spacial score (nSPS) is 22.0. The van der Waals surface area contributed by atoms with E-state index in [1.807, 2.05) is 13.1 Å². The van der Waals surface area contributed by atoms with E-state index >= 15 is 0 Å². The Bertz CT molecular complexity index is 708.